The molecule has 0 aromatic heterocycles. The molecular formula is C76H58N4. The zero-order valence-corrected chi connectivity index (χ0v) is 44.3. The molecule has 0 aliphatic carbocycles. The van der Waals surface area contributed by atoms with E-state index in [0.29, 0.717) is 0 Å². The Labute approximate surface area is 470 Å². The summed E-state index contributed by atoms with van der Waals surface area (Å²) < 4.78 is 0. The number of anilines is 12. The summed E-state index contributed by atoms with van der Waals surface area (Å²) >= 11 is 0. The van der Waals surface area contributed by atoms with Crippen molar-refractivity contribution in [2.24, 2.45) is 0 Å². The molecule has 0 saturated carbocycles. The van der Waals surface area contributed by atoms with Crippen molar-refractivity contribution < 1.29 is 0 Å². The monoisotopic (exact) mass is 1030 g/mol. The molecule has 4 nitrogen and oxygen atoms in total. The van der Waals surface area contributed by atoms with Crippen molar-refractivity contribution in [1.29, 1.82) is 0 Å². The van der Waals surface area contributed by atoms with Gasteiger partial charge in [0.15, 0.2) is 0 Å². The summed E-state index contributed by atoms with van der Waals surface area (Å²) in [4.78, 5) is 9.26. The molecule has 0 aliphatic rings. The molecule has 0 bridgehead atoms. The first-order chi connectivity index (χ1) is 39.7. The summed E-state index contributed by atoms with van der Waals surface area (Å²) in [6.07, 6.45) is 8.63. The molecule has 0 heterocycles. The van der Waals surface area contributed by atoms with Crippen LogP contribution < -0.4 is 19.6 Å². The predicted octanol–water partition coefficient (Wildman–Crippen LogP) is 21.6. The van der Waals surface area contributed by atoms with Crippen LogP contribution in [0.3, 0.4) is 0 Å². The third-order valence-electron chi connectivity index (χ3n) is 14.2. The van der Waals surface area contributed by atoms with Gasteiger partial charge in [-0.1, -0.05) is 206 Å². The van der Waals surface area contributed by atoms with E-state index in [9.17, 15) is 0 Å². The van der Waals surface area contributed by atoms with E-state index in [0.717, 1.165) is 90.5 Å². The molecule has 0 fully saturated rings. The highest BCUT2D eigenvalue weighted by atomic mass is 15.2. The third-order valence-corrected chi connectivity index (χ3v) is 14.2. The number of hydrogen-bond donors (Lipinski definition) is 0. The Morgan fingerprint density at radius 3 is 0.500 bits per heavy atom. The topological polar surface area (TPSA) is 13.0 Å². The molecule has 0 aliphatic heterocycles. The van der Waals surface area contributed by atoms with Gasteiger partial charge in [-0.3, -0.25) is 0 Å². The van der Waals surface area contributed by atoms with Crippen molar-refractivity contribution in [2.75, 3.05) is 19.6 Å². The van der Waals surface area contributed by atoms with Gasteiger partial charge in [-0.15, -0.1) is 0 Å². The van der Waals surface area contributed by atoms with Crippen molar-refractivity contribution >= 4 is 92.6 Å². The van der Waals surface area contributed by atoms with Gasteiger partial charge >= 0.3 is 0 Å². The molecule has 12 aromatic carbocycles. The average Bonchev–Trinajstić information content (AvgIpc) is 3.57. The van der Waals surface area contributed by atoms with E-state index < -0.39 is 0 Å². The lowest BCUT2D eigenvalue weighted by Gasteiger charge is -2.28. The lowest BCUT2D eigenvalue weighted by molar-refractivity contribution is 1.25. The Kier molecular flexibility index (Phi) is 15.1. The Balaban J connectivity index is 0.795. The van der Waals surface area contributed by atoms with Gasteiger partial charge in [0.2, 0.25) is 0 Å². The molecule has 4 heteroatoms. The molecule has 0 atom stereocenters. The molecular weight excluding hydrogens is 969 g/mol. The van der Waals surface area contributed by atoms with Gasteiger partial charge in [0.1, 0.15) is 0 Å². The second kappa shape index (κ2) is 24.1. The van der Waals surface area contributed by atoms with E-state index >= 15 is 0 Å². The van der Waals surface area contributed by atoms with Gasteiger partial charge in [-0.05, 0) is 179 Å². The molecule has 0 N–H and O–H groups in total. The minimum atomic E-state index is 1.06. The fourth-order valence-electron chi connectivity index (χ4n) is 10.2. The normalized spacial score (nSPS) is 11.2. The van der Waals surface area contributed by atoms with Crippen LogP contribution in [0.4, 0.5) is 68.2 Å². The lowest BCUT2D eigenvalue weighted by Crippen LogP contribution is -2.12. The summed E-state index contributed by atoms with van der Waals surface area (Å²) in [6.45, 7) is 0. The summed E-state index contributed by atoms with van der Waals surface area (Å²) in [6, 6.07) is 116. The molecule has 0 unspecified atom stereocenters. The Hall–Kier alpha value is -10.7. The first kappa shape index (κ1) is 50.2. The smallest absolute Gasteiger partial charge is 0.0463 e. The minimum Gasteiger partial charge on any atom is -0.311 e. The van der Waals surface area contributed by atoms with Crippen LogP contribution in [0.15, 0.2) is 328 Å². The standard InChI is InChI=1S/C76H58N4/c1-7-19-59(20-8-1)31-33-61-35-43-69(44-36-61)77(65-23-11-3-12-24-65)73-51-55-75(56-52-73)79(67-27-15-5-16-28-67)71-47-39-63(40-48-71)64-41-49-72(50-42-64)80(68-29-17-6-18-30-68)76-57-53-74(54-58-76)78(66-25-13-4-14-26-66)70-45-37-62(38-46-70)34-32-60-21-9-2-10-22-60/h1-58H. The average molecular weight is 1030 g/mol. The van der Waals surface area contributed by atoms with Crippen LogP contribution in [0.25, 0.3) is 35.4 Å². The number of hydrogen-bond acceptors (Lipinski definition) is 4. The summed E-state index contributed by atoms with van der Waals surface area (Å²) in [5.41, 5.74) is 19.9. The van der Waals surface area contributed by atoms with Crippen molar-refractivity contribution in [1.82, 2.24) is 0 Å². The largest absolute Gasteiger partial charge is 0.311 e. The van der Waals surface area contributed by atoms with Crippen molar-refractivity contribution in [2.45, 2.75) is 0 Å². The quantitative estimate of drug-likeness (QED) is 0.0843. The molecule has 0 radical (unpaired) electrons. The summed E-state index contributed by atoms with van der Waals surface area (Å²) in [7, 11) is 0. The maximum Gasteiger partial charge on any atom is 0.0463 e. The van der Waals surface area contributed by atoms with Gasteiger partial charge in [0.05, 0.1) is 0 Å². The highest BCUT2D eigenvalue weighted by molar-refractivity contribution is 5.85. The maximum absolute atomic E-state index is 2.32. The van der Waals surface area contributed by atoms with Gasteiger partial charge in [-0.2, -0.15) is 0 Å². The van der Waals surface area contributed by atoms with Gasteiger partial charge in [0, 0.05) is 68.2 Å². The number of para-hydroxylation sites is 4. The van der Waals surface area contributed by atoms with Crippen LogP contribution in [-0.4, -0.2) is 0 Å². The lowest BCUT2D eigenvalue weighted by atomic mass is 10.0. The molecule has 80 heavy (non-hydrogen) atoms. The van der Waals surface area contributed by atoms with Crippen LogP contribution in [0, 0.1) is 0 Å². The van der Waals surface area contributed by atoms with E-state index in [1.807, 2.05) is 12.1 Å². The number of benzene rings is 12. The fourth-order valence-corrected chi connectivity index (χ4v) is 10.2. The first-order valence-electron chi connectivity index (χ1n) is 27.1. The van der Waals surface area contributed by atoms with E-state index in [-0.39, 0.29) is 0 Å². The summed E-state index contributed by atoms with van der Waals surface area (Å²) in [5, 5.41) is 0. The fraction of sp³-hybridized carbons (Fsp3) is 0. The van der Waals surface area contributed by atoms with Crippen molar-refractivity contribution in [3.63, 3.8) is 0 Å². The van der Waals surface area contributed by atoms with E-state index in [4.69, 9.17) is 0 Å². The maximum atomic E-state index is 2.32. The number of nitrogens with zero attached hydrogens (tertiary/aromatic N) is 4. The zero-order valence-electron chi connectivity index (χ0n) is 44.3. The van der Waals surface area contributed by atoms with Crippen LogP contribution >= 0.6 is 0 Å². The first-order valence-corrected chi connectivity index (χ1v) is 27.1. The molecule has 0 amide bonds. The van der Waals surface area contributed by atoms with Crippen LogP contribution in [0.5, 0.6) is 0 Å². The molecule has 382 valence electrons. The van der Waals surface area contributed by atoms with Gasteiger partial charge in [-0.25, -0.2) is 0 Å². The molecule has 0 spiro atoms. The van der Waals surface area contributed by atoms with Crippen LogP contribution in [0.1, 0.15) is 22.3 Å². The molecule has 0 saturated heterocycles. The zero-order chi connectivity index (χ0) is 53.7. The van der Waals surface area contributed by atoms with E-state index in [1.54, 1.807) is 0 Å². The Bertz CT molecular complexity index is 3640. The van der Waals surface area contributed by atoms with E-state index in [1.165, 1.54) is 11.1 Å². The van der Waals surface area contributed by atoms with Crippen LogP contribution in [0.2, 0.25) is 0 Å². The highest BCUT2D eigenvalue weighted by Crippen LogP contribution is 2.42. The Morgan fingerprint density at radius 2 is 0.287 bits per heavy atom. The van der Waals surface area contributed by atoms with Gasteiger partial charge < -0.3 is 19.6 Å². The molecule has 12 rings (SSSR count). The Morgan fingerprint density at radius 1 is 0.138 bits per heavy atom. The minimum absolute atomic E-state index is 1.06. The van der Waals surface area contributed by atoms with Gasteiger partial charge in [0.25, 0.3) is 0 Å². The van der Waals surface area contributed by atoms with Crippen LogP contribution in [-0.2, 0) is 0 Å². The van der Waals surface area contributed by atoms with Crippen molar-refractivity contribution in [3.8, 4) is 11.1 Å². The summed E-state index contributed by atoms with van der Waals surface area (Å²) in [5.74, 6) is 0. The second-order valence-corrected chi connectivity index (χ2v) is 19.5. The molecule has 12 aromatic rings. The third kappa shape index (κ3) is 11.7. The number of rotatable bonds is 17. The second-order valence-electron chi connectivity index (χ2n) is 19.5. The highest BCUT2D eigenvalue weighted by Gasteiger charge is 2.19. The van der Waals surface area contributed by atoms with E-state index in [2.05, 4.69) is 359 Å². The van der Waals surface area contributed by atoms with Crippen molar-refractivity contribution in [3.05, 3.63) is 350 Å². The SMILES string of the molecule is C(=Cc1ccc(N(c2ccccc2)c2ccc(N(c3ccccc3)c3ccc(-c4ccc(N(c5ccccc5)c5ccc(N(c6ccccc6)c6ccc(C=Cc7ccccc7)cc6)cc5)cc4)cc3)cc2)cc1)c1ccccc1. The predicted molar refractivity (Wildman–Crippen MR) is 341 cm³/mol.